The summed E-state index contributed by atoms with van der Waals surface area (Å²) in [5.74, 6) is -1.23. The summed E-state index contributed by atoms with van der Waals surface area (Å²) in [4.78, 5) is 3.59. The van der Waals surface area contributed by atoms with Crippen LogP contribution in [0.3, 0.4) is 0 Å². The van der Waals surface area contributed by atoms with Crippen molar-refractivity contribution in [1.29, 1.82) is 0 Å². The van der Waals surface area contributed by atoms with Gasteiger partial charge in [0, 0.05) is 11.1 Å². The van der Waals surface area contributed by atoms with Crippen molar-refractivity contribution >= 4 is 0 Å². The number of benzene rings is 1. The predicted octanol–water partition coefficient (Wildman–Crippen LogP) is 3.28. The van der Waals surface area contributed by atoms with E-state index in [2.05, 4.69) is 9.72 Å². The number of aliphatic hydroxyl groups is 1. The largest absolute Gasteiger partial charge is 0.573 e. The molecule has 0 bridgehead atoms. The second kappa shape index (κ2) is 5.46. The average molecular weight is 287 g/mol. The Kier molecular flexibility index (Phi) is 3.89. The Morgan fingerprint density at radius 3 is 2.55 bits per heavy atom. The second-order valence-electron chi connectivity index (χ2n) is 3.88. The third-order valence-corrected chi connectivity index (χ3v) is 2.46. The average Bonchev–Trinajstić information content (AvgIpc) is 2.37. The molecule has 1 aromatic heterocycles. The summed E-state index contributed by atoms with van der Waals surface area (Å²) in [6, 6.07) is 7.34. The number of hydrogen-bond acceptors (Lipinski definition) is 3. The highest BCUT2D eigenvalue weighted by Crippen LogP contribution is 2.28. The van der Waals surface area contributed by atoms with E-state index in [0.29, 0.717) is 5.56 Å². The molecular weight excluding hydrogens is 278 g/mol. The lowest BCUT2D eigenvalue weighted by atomic mass is 10.1. The molecule has 1 N–H and O–H groups in total. The van der Waals surface area contributed by atoms with E-state index in [9.17, 15) is 17.6 Å². The lowest BCUT2D eigenvalue weighted by Gasteiger charge is -2.11. The van der Waals surface area contributed by atoms with Crippen LogP contribution < -0.4 is 4.74 Å². The van der Waals surface area contributed by atoms with Crippen LogP contribution in [0.4, 0.5) is 17.6 Å². The van der Waals surface area contributed by atoms with E-state index in [1.807, 2.05) is 0 Å². The first kappa shape index (κ1) is 14.3. The maximum Gasteiger partial charge on any atom is 0.573 e. The predicted molar refractivity (Wildman–Crippen MR) is 62.2 cm³/mol. The van der Waals surface area contributed by atoms with Crippen LogP contribution in [0, 0.1) is 5.95 Å². The van der Waals surface area contributed by atoms with Gasteiger partial charge in [0.15, 0.2) is 0 Å². The van der Waals surface area contributed by atoms with Crippen LogP contribution >= 0.6 is 0 Å². The minimum atomic E-state index is -4.81. The van der Waals surface area contributed by atoms with Crippen LogP contribution in [-0.4, -0.2) is 16.5 Å². The molecular formula is C13H9F4NO2. The smallest absolute Gasteiger partial charge is 0.406 e. The summed E-state index contributed by atoms with van der Waals surface area (Å²) in [6.07, 6.45) is -4.81. The minimum absolute atomic E-state index is 0.0696. The van der Waals surface area contributed by atoms with Crippen molar-refractivity contribution in [3.63, 3.8) is 0 Å². The van der Waals surface area contributed by atoms with Gasteiger partial charge < -0.3 is 9.84 Å². The standard InChI is InChI=1S/C13H9F4NO2/c14-11-5-4-9(7-19)12(18-11)8-2-1-3-10(6-8)20-13(15,16)17/h1-6,19H,7H2. The summed E-state index contributed by atoms with van der Waals surface area (Å²) in [5.41, 5.74) is 0.589. The Labute approximate surface area is 111 Å². The first-order chi connectivity index (χ1) is 9.39. The number of nitrogens with zero attached hydrogens (tertiary/aromatic N) is 1. The van der Waals surface area contributed by atoms with Crippen LogP contribution in [0.1, 0.15) is 5.56 Å². The van der Waals surface area contributed by atoms with Gasteiger partial charge in [-0.3, -0.25) is 0 Å². The number of aliphatic hydroxyl groups excluding tert-OH is 1. The van der Waals surface area contributed by atoms with E-state index in [1.165, 1.54) is 18.2 Å². The zero-order chi connectivity index (χ0) is 14.8. The molecule has 0 aliphatic rings. The van der Waals surface area contributed by atoms with Gasteiger partial charge in [-0.15, -0.1) is 13.2 Å². The van der Waals surface area contributed by atoms with Crippen LogP contribution in [0.15, 0.2) is 36.4 Å². The summed E-state index contributed by atoms with van der Waals surface area (Å²) in [5, 5.41) is 9.15. The molecule has 106 valence electrons. The van der Waals surface area contributed by atoms with E-state index in [0.717, 1.165) is 18.2 Å². The molecule has 1 heterocycles. The number of ether oxygens (including phenoxy) is 1. The molecule has 0 spiro atoms. The van der Waals surface area contributed by atoms with E-state index in [-0.39, 0.29) is 11.3 Å². The normalized spacial score (nSPS) is 11.4. The first-order valence-corrected chi connectivity index (χ1v) is 5.51. The SMILES string of the molecule is OCc1ccc(F)nc1-c1cccc(OC(F)(F)F)c1. The fraction of sp³-hybridized carbons (Fsp3) is 0.154. The first-order valence-electron chi connectivity index (χ1n) is 5.51. The third-order valence-electron chi connectivity index (χ3n) is 2.46. The molecule has 20 heavy (non-hydrogen) atoms. The second-order valence-corrected chi connectivity index (χ2v) is 3.88. The molecule has 0 amide bonds. The lowest BCUT2D eigenvalue weighted by Crippen LogP contribution is -2.17. The van der Waals surface area contributed by atoms with E-state index >= 15 is 0 Å². The molecule has 2 aromatic rings. The Bertz CT molecular complexity index is 614. The minimum Gasteiger partial charge on any atom is -0.406 e. The Morgan fingerprint density at radius 2 is 1.90 bits per heavy atom. The van der Waals surface area contributed by atoms with Gasteiger partial charge in [-0.2, -0.15) is 4.39 Å². The summed E-state index contributed by atoms with van der Waals surface area (Å²) < 4.78 is 53.4. The number of halogens is 4. The fourth-order valence-corrected chi connectivity index (χ4v) is 1.68. The van der Waals surface area contributed by atoms with Gasteiger partial charge in [0.1, 0.15) is 5.75 Å². The number of alkyl halides is 3. The maximum absolute atomic E-state index is 13.1. The van der Waals surface area contributed by atoms with Crippen molar-refractivity contribution in [3.05, 3.63) is 47.9 Å². The van der Waals surface area contributed by atoms with Crippen LogP contribution in [-0.2, 0) is 6.61 Å². The Balaban J connectivity index is 2.43. The van der Waals surface area contributed by atoms with Crippen LogP contribution in [0.2, 0.25) is 0 Å². The quantitative estimate of drug-likeness (QED) is 0.696. The number of aromatic nitrogens is 1. The Hall–Kier alpha value is -2.15. The molecule has 7 heteroatoms. The molecule has 0 saturated heterocycles. The van der Waals surface area contributed by atoms with E-state index < -0.39 is 24.7 Å². The molecule has 3 nitrogen and oxygen atoms in total. The third kappa shape index (κ3) is 3.45. The highest BCUT2D eigenvalue weighted by atomic mass is 19.4. The molecule has 0 saturated carbocycles. The highest BCUT2D eigenvalue weighted by Gasteiger charge is 2.31. The highest BCUT2D eigenvalue weighted by molar-refractivity contribution is 5.64. The van der Waals surface area contributed by atoms with Gasteiger partial charge in [0.05, 0.1) is 12.3 Å². The van der Waals surface area contributed by atoms with Gasteiger partial charge in [0.25, 0.3) is 0 Å². The molecule has 0 unspecified atom stereocenters. The number of rotatable bonds is 3. The molecule has 2 rings (SSSR count). The molecule has 0 fully saturated rings. The summed E-state index contributed by atoms with van der Waals surface area (Å²) >= 11 is 0. The fourth-order valence-electron chi connectivity index (χ4n) is 1.68. The van der Waals surface area contributed by atoms with Crippen LogP contribution in [0.5, 0.6) is 5.75 Å². The van der Waals surface area contributed by atoms with Gasteiger partial charge in [-0.25, -0.2) is 4.98 Å². The van der Waals surface area contributed by atoms with Crippen molar-refractivity contribution in [3.8, 4) is 17.0 Å². The van der Waals surface area contributed by atoms with Gasteiger partial charge in [-0.05, 0) is 18.2 Å². The number of pyridine rings is 1. The number of hydrogen-bond donors (Lipinski definition) is 1. The summed E-state index contributed by atoms with van der Waals surface area (Å²) in [6.45, 7) is -0.410. The maximum atomic E-state index is 13.1. The van der Waals surface area contributed by atoms with Gasteiger partial charge in [0.2, 0.25) is 5.95 Å². The van der Waals surface area contributed by atoms with Crippen molar-refractivity contribution in [2.75, 3.05) is 0 Å². The zero-order valence-electron chi connectivity index (χ0n) is 9.99. The summed E-state index contributed by atoms with van der Waals surface area (Å²) in [7, 11) is 0. The topological polar surface area (TPSA) is 42.4 Å². The lowest BCUT2D eigenvalue weighted by molar-refractivity contribution is -0.274. The monoisotopic (exact) mass is 287 g/mol. The molecule has 0 atom stereocenters. The molecule has 0 radical (unpaired) electrons. The van der Waals surface area contributed by atoms with E-state index in [1.54, 1.807) is 0 Å². The zero-order valence-corrected chi connectivity index (χ0v) is 9.99. The van der Waals surface area contributed by atoms with Crippen molar-refractivity contribution < 1.29 is 27.4 Å². The van der Waals surface area contributed by atoms with Crippen molar-refractivity contribution in [1.82, 2.24) is 4.98 Å². The molecule has 1 aromatic carbocycles. The Morgan fingerprint density at radius 1 is 1.15 bits per heavy atom. The molecule has 0 aliphatic carbocycles. The van der Waals surface area contributed by atoms with Gasteiger partial charge >= 0.3 is 6.36 Å². The van der Waals surface area contributed by atoms with E-state index in [4.69, 9.17) is 5.11 Å². The van der Waals surface area contributed by atoms with Crippen molar-refractivity contribution in [2.45, 2.75) is 13.0 Å². The van der Waals surface area contributed by atoms with Gasteiger partial charge in [-0.1, -0.05) is 18.2 Å². The van der Waals surface area contributed by atoms with Crippen molar-refractivity contribution in [2.24, 2.45) is 0 Å². The van der Waals surface area contributed by atoms with Crippen LogP contribution in [0.25, 0.3) is 11.3 Å². The molecule has 0 aliphatic heterocycles.